The van der Waals surface area contributed by atoms with Crippen LogP contribution in [0, 0.1) is 0 Å². The van der Waals surface area contributed by atoms with E-state index in [1.165, 1.54) is 0 Å². The molecule has 0 bridgehead atoms. The zero-order valence-electron chi connectivity index (χ0n) is 5.22. The Morgan fingerprint density at radius 3 is 2.44 bits per heavy atom. The van der Waals surface area contributed by atoms with Crippen LogP contribution in [0.3, 0.4) is 0 Å². The van der Waals surface area contributed by atoms with E-state index < -0.39 is 0 Å². The Bertz CT molecular complexity index is 91.1. The minimum absolute atomic E-state index is 0.0207. The molecule has 0 heterocycles. The lowest BCUT2D eigenvalue weighted by molar-refractivity contribution is 0.342. The summed E-state index contributed by atoms with van der Waals surface area (Å²) < 4.78 is 0. The quantitative estimate of drug-likeness (QED) is 0.504. The lowest BCUT2D eigenvalue weighted by Crippen LogP contribution is -2.06. The first kappa shape index (κ1) is 9.28. The number of rotatable bonds is 3. The Labute approximate surface area is 65.3 Å². The van der Waals surface area contributed by atoms with Gasteiger partial charge in [-0.3, -0.25) is 0 Å². The van der Waals surface area contributed by atoms with Gasteiger partial charge in [-0.2, -0.15) is 0 Å². The number of hydrogen-bond acceptors (Lipinski definition) is 1. The molecule has 0 unspecified atom stereocenters. The molecule has 0 aromatic carbocycles. The molecule has 9 heavy (non-hydrogen) atoms. The van der Waals surface area contributed by atoms with Crippen LogP contribution in [-0.2, 0) is 0 Å². The van der Waals surface area contributed by atoms with Crippen molar-refractivity contribution < 1.29 is 5.11 Å². The van der Waals surface area contributed by atoms with Gasteiger partial charge in [0.05, 0.1) is 17.4 Å². The van der Waals surface area contributed by atoms with Gasteiger partial charge < -0.3 is 5.11 Å². The molecule has 54 valence electrons. The number of aliphatic hydroxyl groups excluding tert-OH is 1. The summed E-state index contributed by atoms with van der Waals surface area (Å²) in [6, 6.07) is 0. The van der Waals surface area contributed by atoms with Crippen LogP contribution in [0.15, 0.2) is 12.2 Å². The van der Waals surface area contributed by atoms with Crippen molar-refractivity contribution in [2.45, 2.75) is 17.7 Å². The maximum absolute atomic E-state index is 8.31. The van der Waals surface area contributed by atoms with Crippen molar-refractivity contribution in [1.82, 2.24) is 0 Å². The second kappa shape index (κ2) is 5.10. The molecular formula is C6H10Cl2O. The average Bonchev–Trinajstić information content (AvgIpc) is 1.82. The number of aliphatic hydroxyl groups is 1. The first-order valence-electron chi connectivity index (χ1n) is 2.74. The van der Waals surface area contributed by atoms with Crippen LogP contribution >= 0.6 is 23.2 Å². The summed E-state index contributed by atoms with van der Waals surface area (Å²) in [5.74, 6) is 0. The Kier molecular flexibility index (Phi) is 5.25. The molecule has 0 aliphatic heterocycles. The Balaban J connectivity index is 3.48. The van der Waals surface area contributed by atoms with Crippen LogP contribution in [0.5, 0.6) is 0 Å². The Hall–Kier alpha value is 0.280. The number of allylic oxidation sites excluding steroid dienone is 1. The molecule has 2 atom stereocenters. The fourth-order valence-corrected chi connectivity index (χ4v) is 0.531. The van der Waals surface area contributed by atoms with Crippen LogP contribution in [0.25, 0.3) is 0 Å². The molecule has 0 spiro atoms. The summed E-state index contributed by atoms with van der Waals surface area (Å²) in [6.07, 6.45) is 3.26. The van der Waals surface area contributed by atoms with Crippen molar-refractivity contribution in [3.05, 3.63) is 12.2 Å². The molecule has 1 nitrogen and oxygen atoms in total. The molecule has 0 aliphatic carbocycles. The molecule has 0 rings (SSSR count). The number of halogens is 2. The summed E-state index contributed by atoms with van der Waals surface area (Å²) in [5, 5.41) is 8.04. The third kappa shape index (κ3) is 4.76. The smallest absolute Gasteiger partial charge is 0.0677 e. The molecule has 3 heteroatoms. The second-order valence-electron chi connectivity index (χ2n) is 1.73. The van der Waals surface area contributed by atoms with Crippen molar-refractivity contribution in [2.24, 2.45) is 0 Å². The second-order valence-corrected chi connectivity index (χ2v) is 2.93. The number of hydrogen-bond donors (Lipinski definition) is 1. The fraction of sp³-hybridized carbons (Fsp3) is 0.667. The minimum atomic E-state index is -0.182. The topological polar surface area (TPSA) is 20.2 Å². The fourth-order valence-electron chi connectivity index (χ4n) is 0.344. The van der Waals surface area contributed by atoms with E-state index >= 15 is 0 Å². The van der Waals surface area contributed by atoms with Gasteiger partial charge in [0.1, 0.15) is 0 Å². The van der Waals surface area contributed by atoms with E-state index in [9.17, 15) is 0 Å². The number of alkyl halides is 2. The molecule has 0 aliphatic rings. The summed E-state index contributed by atoms with van der Waals surface area (Å²) in [7, 11) is 0. The summed E-state index contributed by atoms with van der Waals surface area (Å²) in [5.41, 5.74) is 0. The first-order chi connectivity index (χ1) is 4.18. The highest BCUT2D eigenvalue weighted by Crippen LogP contribution is 2.09. The summed E-state index contributed by atoms with van der Waals surface area (Å²) in [4.78, 5) is 0. The highest BCUT2D eigenvalue weighted by Gasteiger charge is 2.05. The van der Waals surface area contributed by atoms with Crippen LogP contribution in [0.2, 0.25) is 0 Å². The van der Waals surface area contributed by atoms with E-state index in [2.05, 4.69) is 0 Å². The van der Waals surface area contributed by atoms with Gasteiger partial charge in [-0.1, -0.05) is 12.2 Å². The van der Waals surface area contributed by atoms with Gasteiger partial charge in [0.15, 0.2) is 0 Å². The largest absolute Gasteiger partial charge is 0.392 e. The molecule has 1 N–H and O–H groups in total. The molecule has 0 amide bonds. The molecular weight excluding hydrogens is 159 g/mol. The van der Waals surface area contributed by atoms with E-state index in [0.717, 1.165) is 0 Å². The van der Waals surface area contributed by atoms with Crippen molar-refractivity contribution >= 4 is 23.2 Å². The van der Waals surface area contributed by atoms with E-state index in [1.807, 2.05) is 0 Å². The monoisotopic (exact) mass is 168 g/mol. The van der Waals surface area contributed by atoms with Crippen LogP contribution in [0.4, 0.5) is 0 Å². The highest BCUT2D eigenvalue weighted by molar-refractivity contribution is 6.30. The predicted octanol–water partition coefficient (Wildman–Crippen LogP) is 1.77. The van der Waals surface area contributed by atoms with Crippen LogP contribution < -0.4 is 0 Å². The van der Waals surface area contributed by atoms with Gasteiger partial charge in [0.2, 0.25) is 0 Å². The van der Waals surface area contributed by atoms with Crippen LogP contribution in [-0.4, -0.2) is 22.5 Å². The van der Waals surface area contributed by atoms with Crippen molar-refractivity contribution in [2.75, 3.05) is 6.61 Å². The zero-order valence-corrected chi connectivity index (χ0v) is 6.73. The highest BCUT2D eigenvalue weighted by atomic mass is 35.5. The maximum atomic E-state index is 8.31. The maximum Gasteiger partial charge on any atom is 0.0677 e. The summed E-state index contributed by atoms with van der Waals surface area (Å²) >= 11 is 11.3. The average molecular weight is 169 g/mol. The third-order valence-electron chi connectivity index (χ3n) is 0.864. The Morgan fingerprint density at radius 2 is 2.11 bits per heavy atom. The minimum Gasteiger partial charge on any atom is -0.392 e. The molecule has 0 saturated heterocycles. The normalized spacial score (nSPS) is 18.2. The lowest BCUT2D eigenvalue weighted by Gasteiger charge is -2.03. The van der Waals surface area contributed by atoms with Gasteiger partial charge in [-0.15, -0.1) is 23.2 Å². The van der Waals surface area contributed by atoms with Gasteiger partial charge in [0, 0.05) is 0 Å². The van der Waals surface area contributed by atoms with Gasteiger partial charge >= 0.3 is 0 Å². The van der Waals surface area contributed by atoms with Crippen molar-refractivity contribution in [3.8, 4) is 0 Å². The van der Waals surface area contributed by atoms with E-state index in [0.29, 0.717) is 0 Å². The molecule has 0 aromatic rings. The van der Waals surface area contributed by atoms with Gasteiger partial charge in [0.25, 0.3) is 0 Å². The Morgan fingerprint density at radius 1 is 1.56 bits per heavy atom. The van der Waals surface area contributed by atoms with Gasteiger partial charge in [-0.25, -0.2) is 0 Å². The summed E-state index contributed by atoms with van der Waals surface area (Å²) in [6.45, 7) is 1.83. The van der Waals surface area contributed by atoms with Gasteiger partial charge in [-0.05, 0) is 6.92 Å². The molecule has 0 aromatic heterocycles. The lowest BCUT2D eigenvalue weighted by atomic mass is 10.3. The van der Waals surface area contributed by atoms with Crippen LogP contribution in [0.1, 0.15) is 6.92 Å². The molecule has 0 saturated carbocycles. The van der Waals surface area contributed by atoms with Crippen molar-refractivity contribution in [1.29, 1.82) is 0 Å². The SMILES string of the molecule is C[C@@H](Cl)[C@H](Cl)/C=C/CO. The third-order valence-corrected chi connectivity index (χ3v) is 1.79. The zero-order chi connectivity index (χ0) is 7.28. The van der Waals surface area contributed by atoms with Crippen molar-refractivity contribution in [3.63, 3.8) is 0 Å². The first-order valence-corrected chi connectivity index (χ1v) is 3.61. The predicted molar refractivity (Wildman–Crippen MR) is 41.2 cm³/mol. The van der Waals surface area contributed by atoms with E-state index in [4.69, 9.17) is 28.3 Å². The van der Waals surface area contributed by atoms with E-state index in [1.54, 1.807) is 19.1 Å². The van der Waals surface area contributed by atoms with E-state index in [-0.39, 0.29) is 17.4 Å². The molecule has 0 radical (unpaired) electrons. The standard InChI is InChI=1S/C6H10Cl2O/c1-5(7)6(8)3-2-4-9/h2-3,5-6,9H,4H2,1H3/b3-2+/t5-,6-/m1/s1. The molecule has 0 fully saturated rings.